The van der Waals surface area contributed by atoms with E-state index in [0.29, 0.717) is 13.1 Å². The Hall–Kier alpha value is -0.710. The molecular formula is C14H22Cl2N4O3S2. The van der Waals surface area contributed by atoms with Gasteiger partial charge < -0.3 is 9.80 Å². The highest BCUT2D eigenvalue weighted by Crippen LogP contribution is 2.20. The van der Waals surface area contributed by atoms with Crippen molar-refractivity contribution >= 4 is 58.2 Å². The van der Waals surface area contributed by atoms with E-state index in [4.69, 9.17) is 5.14 Å². The second-order valence-corrected chi connectivity index (χ2v) is 8.21. The largest absolute Gasteiger partial charge is 0.368 e. The molecule has 1 amide bonds. The summed E-state index contributed by atoms with van der Waals surface area (Å²) < 4.78 is 22.6. The van der Waals surface area contributed by atoms with Gasteiger partial charge in [-0.15, -0.1) is 36.6 Å². The number of hydrogen-bond donors (Lipinski definition) is 2. The van der Waals surface area contributed by atoms with Crippen molar-refractivity contribution < 1.29 is 13.2 Å². The lowest BCUT2D eigenvalue weighted by atomic mass is 10.2. The lowest BCUT2D eigenvalue weighted by Gasteiger charge is -2.37. The normalized spacial score (nSPS) is 20.6. The molecule has 11 heteroatoms. The van der Waals surface area contributed by atoms with Gasteiger partial charge in [0.1, 0.15) is 0 Å². The first-order valence-corrected chi connectivity index (χ1v) is 10.1. The Morgan fingerprint density at radius 1 is 1.12 bits per heavy atom. The third-order valence-corrected chi connectivity index (χ3v) is 6.01. The SMILES string of the molecule is Cl.Cl.NS(=O)(=O)c1ccc(N2CCN(C(=O)C3CSCN3)CC2)cc1. The summed E-state index contributed by atoms with van der Waals surface area (Å²) in [4.78, 5) is 16.5. The highest BCUT2D eigenvalue weighted by Gasteiger charge is 2.29. The molecule has 142 valence electrons. The van der Waals surface area contributed by atoms with Gasteiger partial charge in [-0.2, -0.15) is 0 Å². The molecule has 1 unspecified atom stereocenters. The van der Waals surface area contributed by atoms with E-state index in [1.165, 1.54) is 12.1 Å². The molecule has 2 heterocycles. The van der Waals surface area contributed by atoms with Crippen molar-refractivity contribution in [2.45, 2.75) is 10.9 Å². The number of hydrogen-bond acceptors (Lipinski definition) is 6. The van der Waals surface area contributed by atoms with Gasteiger partial charge in [0.05, 0.1) is 10.9 Å². The number of piperazine rings is 1. The molecule has 0 bridgehead atoms. The van der Waals surface area contributed by atoms with Crippen LogP contribution in [0.1, 0.15) is 0 Å². The number of halogens is 2. The van der Waals surface area contributed by atoms with E-state index in [1.807, 2.05) is 4.90 Å². The fourth-order valence-corrected chi connectivity index (χ4v) is 4.25. The quantitative estimate of drug-likeness (QED) is 0.726. The molecule has 2 aliphatic rings. The fraction of sp³-hybridized carbons (Fsp3) is 0.500. The Balaban J connectivity index is 0.00000156. The summed E-state index contributed by atoms with van der Waals surface area (Å²) in [6.45, 7) is 2.83. The molecule has 2 fully saturated rings. The molecular weight excluding hydrogens is 407 g/mol. The van der Waals surface area contributed by atoms with Crippen LogP contribution in [0.5, 0.6) is 0 Å². The van der Waals surface area contributed by atoms with Crippen LogP contribution in [0, 0.1) is 0 Å². The second kappa shape index (κ2) is 9.29. The maximum atomic E-state index is 12.3. The Bertz CT molecular complexity index is 674. The monoisotopic (exact) mass is 428 g/mol. The van der Waals surface area contributed by atoms with E-state index in [9.17, 15) is 13.2 Å². The van der Waals surface area contributed by atoms with E-state index >= 15 is 0 Å². The molecule has 1 aromatic rings. The first kappa shape index (κ1) is 22.3. The molecule has 0 aromatic heterocycles. The number of nitrogens with one attached hydrogen (secondary N) is 1. The summed E-state index contributed by atoms with van der Waals surface area (Å²) in [7, 11) is -3.66. The topological polar surface area (TPSA) is 95.7 Å². The van der Waals surface area contributed by atoms with Gasteiger partial charge in [0.2, 0.25) is 15.9 Å². The molecule has 1 atom stereocenters. The van der Waals surface area contributed by atoms with Crippen LogP contribution < -0.4 is 15.4 Å². The van der Waals surface area contributed by atoms with Gasteiger partial charge >= 0.3 is 0 Å². The molecule has 25 heavy (non-hydrogen) atoms. The zero-order valence-corrected chi connectivity index (χ0v) is 16.7. The number of rotatable bonds is 3. The lowest BCUT2D eigenvalue weighted by Crippen LogP contribution is -2.53. The first-order chi connectivity index (χ1) is 10.9. The van der Waals surface area contributed by atoms with Crippen molar-refractivity contribution in [2.75, 3.05) is 42.7 Å². The number of benzene rings is 1. The van der Waals surface area contributed by atoms with Crippen molar-refractivity contribution in [1.82, 2.24) is 10.2 Å². The van der Waals surface area contributed by atoms with Crippen LogP contribution in [-0.2, 0) is 14.8 Å². The lowest BCUT2D eigenvalue weighted by molar-refractivity contribution is -0.132. The number of primary sulfonamides is 1. The molecule has 2 aliphatic heterocycles. The van der Waals surface area contributed by atoms with Gasteiger partial charge in [-0.25, -0.2) is 13.6 Å². The highest BCUT2D eigenvalue weighted by molar-refractivity contribution is 7.99. The van der Waals surface area contributed by atoms with Gasteiger partial charge in [0, 0.05) is 43.5 Å². The summed E-state index contributed by atoms with van der Waals surface area (Å²) in [5.74, 6) is 1.86. The summed E-state index contributed by atoms with van der Waals surface area (Å²) in [5.41, 5.74) is 0.944. The van der Waals surface area contributed by atoms with Crippen LogP contribution in [0.15, 0.2) is 29.2 Å². The van der Waals surface area contributed by atoms with Crippen LogP contribution in [0.4, 0.5) is 5.69 Å². The van der Waals surface area contributed by atoms with Crippen LogP contribution in [-0.4, -0.2) is 63.1 Å². The van der Waals surface area contributed by atoms with Crippen molar-refractivity contribution in [1.29, 1.82) is 0 Å². The number of sulfonamides is 1. The van der Waals surface area contributed by atoms with E-state index in [1.54, 1.807) is 23.9 Å². The first-order valence-electron chi connectivity index (χ1n) is 7.43. The fourth-order valence-electron chi connectivity index (χ4n) is 2.81. The van der Waals surface area contributed by atoms with E-state index in [-0.39, 0.29) is 41.7 Å². The molecule has 0 aliphatic carbocycles. The molecule has 0 spiro atoms. The number of carbonyl (C=O) groups excluding carboxylic acids is 1. The van der Waals surface area contributed by atoms with Gasteiger partial charge in [-0.05, 0) is 24.3 Å². The Kier molecular flexibility index (Phi) is 8.30. The number of nitrogens with zero attached hydrogens (tertiary/aromatic N) is 2. The van der Waals surface area contributed by atoms with Gasteiger partial charge in [0.15, 0.2) is 0 Å². The molecule has 0 saturated carbocycles. The van der Waals surface area contributed by atoms with Crippen molar-refractivity contribution in [3.05, 3.63) is 24.3 Å². The minimum atomic E-state index is -3.66. The van der Waals surface area contributed by atoms with E-state index in [2.05, 4.69) is 10.2 Å². The smallest absolute Gasteiger partial charge is 0.240 e. The van der Waals surface area contributed by atoms with Gasteiger partial charge in [-0.3, -0.25) is 10.1 Å². The Morgan fingerprint density at radius 2 is 1.72 bits per heavy atom. The van der Waals surface area contributed by atoms with Gasteiger partial charge in [-0.1, -0.05) is 0 Å². The van der Waals surface area contributed by atoms with E-state index in [0.717, 1.165) is 30.4 Å². The van der Waals surface area contributed by atoms with E-state index < -0.39 is 10.0 Å². The standard InChI is InChI=1S/C14H20N4O3S2.2ClH/c15-23(20,21)12-3-1-11(2-4-12)17-5-7-18(8-6-17)14(19)13-9-22-10-16-13;;/h1-4,13,16H,5-10H2,(H2,15,20,21);2*1H. The molecule has 0 radical (unpaired) electrons. The number of carbonyl (C=O) groups is 1. The zero-order chi connectivity index (χ0) is 16.4. The summed E-state index contributed by atoms with van der Waals surface area (Å²) in [5, 5.41) is 8.31. The summed E-state index contributed by atoms with van der Waals surface area (Å²) in [6, 6.07) is 6.49. The van der Waals surface area contributed by atoms with Crippen LogP contribution >= 0.6 is 36.6 Å². The highest BCUT2D eigenvalue weighted by atomic mass is 35.5. The molecule has 7 nitrogen and oxygen atoms in total. The Labute approximate surface area is 164 Å². The summed E-state index contributed by atoms with van der Waals surface area (Å²) >= 11 is 1.75. The number of thioether (sulfide) groups is 1. The predicted molar refractivity (Wildman–Crippen MR) is 105 cm³/mol. The maximum absolute atomic E-state index is 12.3. The predicted octanol–water partition coefficient (Wildman–Crippen LogP) is 0.489. The number of nitrogens with two attached hydrogens (primary N) is 1. The average Bonchev–Trinajstić information content (AvgIpc) is 3.08. The molecule has 1 aromatic carbocycles. The molecule has 3 N–H and O–H groups in total. The third-order valence-electron chi connectivity index (χ3n) is 4.14. The third kappa shape index (κ3) is 5.38. The molecule has 2 saturated heterocycles. The van der Waals surface area contributed by atoms with Crippen LogP contribution in [0.3, 0.4) is 0 Å². The second-order valence-electron chi connectivity index (χ2n) is 5.62. The van der Waals surface area contributed by atoms with Crippen molar-refractivity contribution in [3.63, 3.8) is 0 Å². The maximum Gasteiger partial charge on any atom is 0.240 e. The minimum Gasteiger partial charge on any atom is -0.368 e. The van der Waals surface area contributed by atoms with Crippen LogP contribution in [0.2, 0.25) is 0 Å². The van der Waals surface area contributed by atoms with Crippen molar-refractivity contribution in [2.24, 2.45) is 5.14 Å². The Morgan fingerprint density at radius 3 is 2.20 bits per heavy atom. The van der Waals surface area contributed by atoms with Crippen molar-refractivity contribution in [3.8, 4) is 0 Å². The number of anilines is 1. The molecule has 3 rings (SSSR count). The van der Waals surface area contributed by atoms with Gasteiger partial charge in [0.25, 0.3) is 0 Å². The zero-order valence-electron chi connectivity index (χ0n) is 13.5. The minimum absolute atomic E-state index is 0. The average molecular weight is 429 g/mol. The van der Waals surface area contributed by atoms with Crippen LogP contribution in [0.25, 0.3) is 0 Å². The number of amides is 1. The summed E-state index contributed by atoms with van der Waals surface area (Å²) in [6.07, 6.45) is 0.